The molecule has 33 heavy (non-hydrogen) atoms. The van der Waals surface area contributed by atoms with Crippen LogP contribution in [0.3, 0.4) is 0 Å². The van der Waals surface area contributed by atoms with E-state index in [4.69, 9.17) is 4.52 Å². The molecule has 0 spiro atoms. The summed E-state index contributed by atoms with van der Waals surface area (Å²) in [6.45, 7) is 8.15. The van der Waals surface area contributed by atoms with E-state index in [1.807, 2.05) is 39.0 Å². The number of anilines is 1. The zero-order valence-corrected chi connectivity index (χ0v) is 20.8. The average molecular weight is 489 g/mol. The van der Waals surface area contributed by atoms with Gasteiger partial charge < -0.3 is 9.84 Å². The largest absolute Gasteiger partial charge is 0.339 e. The minimum absolute atomic E-state index is 0.148. The lowest BCUT2D eigenvalue weighted by Crippen LogP contribution is -2.43. The number of aromatic nitrogens is 2. The van der Waals surface area contributed by atoms with Crippen LogP contribution in [0.5, 0.6) is 0 Å². The predicted molar refractivity (Wildman–Crippen MR) is 128 cm³/mol. The third kappa shape index (κ3) is 4.87. The summed E-state index contributed by atoms with van der Waals surface area (Å²) in [6, 6.07) is 7.50. The number of piperidine rings is 1. The molecular weight excluding hydrogens is 460 g/mol. The third-order valence-electron chi connectivity index (χ3n) is 5.89. The number of amides is 1. The first kappa shape index (κ1) is 23.6. The Labute approximate surface area is 198 Å². The summed E-state index contributed by atoms with van der Waals surface area (Å²) >= 11 is 1.32. The maximum absolute atomic E-state index is 13.5. The molecule has 2 aromatic heterocycles. The van der Waals surface area contributed by atoms with Crippen LogP contribution < -0.4 is 5.32 Å². The third-order valence-corrected chi connectivity index (χ3v) is 9.05. The molecule has 3 aromatic rings. The summed E-state index contributed by atoms with van der Waals surface area (Å²) in [5.74, 6) is 0.349. The molecule has 0 radical (unpaired) electrons. The molecule has 10 heteroatoms. The van der Waals surface area contributed by atoms with Crippen LogP contribution in [0.4, 0.5) is 5.69 Å². The van der Waals surface area contributed by atoms with Gasteiger partial charge in [-0.3, -0.25) is 4.79 Å². The first-order valence-corrected chi connectivity index (χ1v) is 13.3. The second-order valence-corrected chi connectivity index (χ2v) is 11.6. The Morgan fingerprint density at radius 3 is 2.79 bits per heavy atom. The van der Waals surface area contributed by atoms with Crippen LogP contribution in [-0.4, -0.2) is 41.9 Å². The average Bonchev–Trinajstić information content (AvgIpc) is 3.43. The van der Waals surface area contributed by atoms with Gasteiger partial charge in [-0.05, 0) is 56.9 Å². The molecule has 1 unspecified atom stereocenters. The molecule has 1 saturated heterocycles. The molecule has 0 bridgehead atoms. The predicted octanol–water partition coefficient (Wildman–Crippen LogP) is 4.33. The Kier molecular flexibility index (Phi) is 6.69. The summed E-state index contributed by atoms with van der Waals surface area (Å²) in [7, 11) is -3.76. The number of carbonyl (C=O) groups excluding carboxylic acids is 1. The number of rotatable bonds is 6. The normalized spacial score (nSPS) is 17.3. The Bertz CT molecular complexity index is 1280. The molecule has 1 aromatic carbocycles. The molecule has 1 fully saturated rings. The quantitative estimate of drug-likeness (QED) is 0.554. The monoisotopic (exact) mass is 488 g/mol. The first-order chi connectivity index (χ1) is 15.7. The smallest absolute Gasteiger partial charge is 0.244 e. The topological polar surface area (TPSA) is 105 Å². The van der Waals surface area contributed by atoms with E-state index >= 15 is 0 Å². The Morgan fingerprint density at radius 2 is 2.06 bits per heavy atom. The van der Waals surface area contributed by atoms with E-state index in [-0.39, 0.29) is 17.3 Å². The van der Waals surface area contributed by atoms with Gasteiger partial charge in [0.1, 0.15) is 0 Å². The number of aryl methyl sites for hydroxylation is 4. The summed E-state index contributed by atoms with van der Waals surface area (Å²) in [5.41, 5.74) is 2.80. The van der Waals surface area contributed by atoms with Crippen molar-refractivity contribution in [3.05, 3.63) is 46.2 Å². The highest BCUT2D eigenvalue weighted by atomic mass is 32.2. The minimum Gasteiger partial charge on any atom is -0.339 e. The van der Waals surface area contributed by atoms with Gasteiger partial charge in [-0.1, -0.05) is 24.2 Å². The van der Waals surface area contributed by atoms with Gasteiger partial charge in [0.25, 0.3) is 0 Å². The number of hydrogen-bond donors (Lipinski definition) is 1. The Morgan fingerprint density at radius 1 is 1.27 bits per heavy atom. The lowest BCUT2D eigenvalue weighted by Gasteiger charge is -2.31. The van der Waals surface area contributed by atoms with Crippen molar-refractivity contribution in [3.63, 3.8) is 0 Å². The summed E-state index contributed by atoms with van der Waals surface area (Å²) in [5, 5.41) is 6.95. The zero-order chi connectivity index (χ0) is 23.8. The Hall–Kier alpha value is -2.56. The SMILES string of the molecule is CCc1nc(-c2cc(S(=O)(=O)N3CCCC(C(=O)Nc4cc(C)ccc4C)C3)c(C)s2)no1. The first-order valence-electron chi connectivity index (χ1n) is 11.0. The number of sulfonamides is 1. The molecular formula is C23H28N4O4S2. The van der Waals surface area contributed by atoms with Gasteiger partial charge in [-0.15, -0.1) is 11.3 Å². The van der Waals surface area contributed by atoms with Gasteiger partial charge in [-0.25, -0.2) is 8.42 Å². The summed E-state index contributed by atoms with van der Waals surface area (Å²) in [6.07, 6.45) is 1.89. The van der Waals surface area contributed by atoms with E-state index < -0.39 is 15.9 Å². The number of carbonyl (C=O) groups is 1. The van der Waals surface area contributed by atoms with Crippen LogP contribution in [0.25, 0.3) is 10.7 Å². The highest BCUT2D eigenvalue weighted by molar-refractivity contribution is 7.89. The van der Waals surface area contributed by atoms with Crippen LogP contribution in [-0.2, 0) is 21.2 Å². The van der Waals surface area contributed by atoms with Crippen molar-refractivity contribution in [1.29, 1.82) is 0 Å². The van der Waals surface area contributed by atoms with Gasteiger partial charge in [0, 0.05) is 30.1 Å². The van der Waals surface area contributed by atoms with E-state index in [1.54, 1.807) is 13.0 Å². The molecule has 8 nitrogen and oxygen atoms in total. The highest BCUT2D eigenvalue weighted by Crippen LogP contribution is 2.35. The standard InChI is InChI=1S/C23H28N4O4S2/c1-5-21-25-22(26-31-21)19-12-20(16(4)32-19)33(29,30)27-10-6-7-17(13-27)23(28)24-18-11-14(2)8-9-15(18)3/h8-9,11-12,17H,5-7,10,13H2,1-4H3,(H,24,28). The number of nitrogens with one attached hydrogen (secondary N) is 1. The van der Waals surface area contributed by atoms with E-state index in [2.05, 4.69) is 15.5 Å². The van der Waals surface area contributed by atoms with E-state index in [0.717, 1.165) is 16.8 Å². The fourth-order valence-corrected chi connectivity index (χ4v) is 6.96. The van der Waals surface area contributed by atoms with Gasteiger partial charge in [0.05, 0.1) is 15.7 Å². The number of hydrogen-bond acceptors (Lipinski definition) is 7. The molecule has 1 N–H and O–H groups in total. The zero-order valence-electron chi connectivity index (χ0n) is 19.2. The molecule has 1 atom stereocenters. The van der Waals surface area contributed by atoms with Gasteiger partial charge >= 0.3 is 0 Å². The van der Waals surface area contributed by atoms with E-state index in [1.165, 1.54) is 15.6 Å². The molecule has 1 amide bonds. The van der Waals surface area contributed by atoms with Crippen molar-refractivity contribution in [2.45, 2.75) is 51.9 Å². The van der Waals surface area contributed by atoms with Crippen molar-refractivity contribution in [3.8, 4) is 10.7 Å². The van der Waals surface area contributed by atoms with Crippen molar-refractivity contribution < 1.29 is 17.7 Å². The maximum atomic E-state index is 13.5. The van der Waals surface area contributed by atoms with E-state index in [0.29, 0.717) is 47.3 Å². The molecule has 176 valence electrons. The molecule has 3 heterocycles. The van der Waals surface area contributed by atoms with Crippen LogP contribution in [0.1, 0.15) is 41.7 Å². The van der Waals surface area contributed by atoms with Crippen LogP contribution >= 0.6 is 11.3 Å². The number of benzene rings is 1. The van der Waals surface area contributed by atoms with Crippen LogP contribution in [0, 0.1) is 26.7 Å². The minimum atomic E-state index is -3.76. The second-order valence-electron chi connectivity index (χ2n) is 8.41. The van der Waals surface area contributed by atoms with Gasteiger partial charge in [0.15, 0.2) is 0 Å². The molecule has 1 aliphatic heterocycles. The fraction of sp³-hybridized carbons (Fsp3) is 0.435. The Balaban J connectivity index is 1.52. The lowest BCUT2D eigenvalue weighted by molar-refractivity contribution is -0.120. The fourth-order valence-electron chi connectivity index (χ4n) is 3.95. The highest BCUT2D eigenvalue weighted by Gasteiger charge is 2.35. The number of thiophene rings is 1. The molecule has 4 rings (SSSR count). The van der Waals surface area contributed by atoms with Crippen molar-refractivity contribution in [2.24, 2.45) is 5.92 Å². The summed E-state index contributed by atoms with van der Waals surface area (Å²) in [4.78, 5) is 18.8. The molecule has 0 aliphatic carbocycles. The van der Waals surface area contributed by atoms with Crippen molar-refractivity contribution >= 4 is 33.0 Å². The number of nitrogens with zero attached hydrogens (tertiary/aromatic N) is 3. The van der Waals surface area contributed by atoms with Crippen LogP contribution in [0.2, 0.25) is 0 Å². The molecule has 1 aliphatic rings. The maximum Gasteiger partial charge on any atom is 0.244 e. The summed E-state index contributed by atoms with van der Waals surface area (Å²) < 4.78 is 33.5. The van der Waals surface area contributed by atoms with E-state index in [9.17, 15) is 13.2 Å². The van der Waals surface area contributed by atoms with Gasteiger partial charge in [0.2, 0.25) is 27.6 Å². The second kappa shape index (κ2) is 9.36. The van der Waals surface area contributed by atoms with Crippen molar-refractivity contribution in [2.75, 3.05) is 18.4 Å². The lowest BCUT2D eigenvalue weighted by atomic mass is 9.98. The van der Waals surface area contributed by atoms with Crippen molar-refractivity contribution in [1.82, 2.24) is 14.4 Å². The van der Waals surface area contributed by atoms with Crippen LogP contribution in [0.15, 0.2) is 33.7 Å². The van der Waals surface area contributed by atoms with Gasteiger partial charge in [-0.2, -0.15) is 9.29 Å². The molecule has 0 saturated carbocycles.